The Kier molecular flexibility index (Phi) is 7.36. The molecule has 1 heterocycles. The van der Waals surface area contributed by atoms with Gasteiger partial charge in [-0.05, 0) is 62.2 Å². The number of esters is 1. The van der Waals surface area contributed by atoms with Crippen LogP contribution in [0.4, 0.5) is 5.69 Å². The van der Waals surface area contributed by atoms with Gasteiger partial charge in [0.25, 0.3) is 5.91 Å². The number of allylic oxidation sites excluding steroid dienone is 2. The summed E-state index contributed by atoms with van der Waals surface area (Å²) in [5.41, 5.74) is 1.81. The molecule has 0 fully saturated rings. The van der Waals surface area contributed by atoms with E-state index in [-0.39, 0.29) is 5.91 Å². The number of ether oxygens (including phenoxy) is 3. The molecule has 3 rings (SSSR count). The predicted octanol–water partition coefficient (Wildman–Crippen LogP) is 5.42. The second-order valence-corrected chi connectivity index (χ2v) is 8.48. The number of carbonyl (C=O) groups is 2. The number of pyridine rings is 1. The van der Waals surface area contributed by atoms with Gasteiger partial charge in [-0.1, -0.05) is 24.8 Å². The first-order chi connectivity index (χ1) is 16.1. The van der Waals surface area contributed by atoms with Gasteiger partial charge >= 0.3 is 5.97 Å². The van der Waals surface area contributed by atoms with Crippen LogP contribution in [0.5, 0.6) is 11.5 Å². The molecule has 0 radical (unpaired) electrons. The summed E-state index contributed by atoms with van der Waals surface area (Å²) >= 11 is 0. The summed E-state index contributed by atoms with van der Waals surface area (Å²) in [6, 6.07) is 12.5. The first-order valence-corrected chi connectivity index (χ1v) is 10.6. The number of carbonyl (C=O) groups excluding carboxylic acids is 2. The predicted molar refractivity (Wildman–Crippen MR) is 133 cm³/mol. The van der Waals surface area contributed by atoms with Crippen LogP contribution in [0.15, 0.2) is 67.4 Å². The highest BCUT2D eigenvalue weighted by molar-refractivity contribution is 6.11. The normalized spacial score (nSPS) is 11.3. The summed E-state index contributed by atoms with van der Waals surface area (Å²) in [4.78, 5) is 29.9. The molecule has 1 N–H and O–H groups in total. The van der Waals surface area contributed by atoms with Crippen LogP contribution in [0.3, 0.4) is 0 Å². The lowest BCUT2D eigenvalue weighted by Crippen LogP contribution is -2.22. The fourth-order valence-corrected chi connectivity index (χ4v) is 3.32. The maximum absolute atomic E-state index is 13.4. The van der Waals surface area contributed by atoms with Crippen LogP contribution in [0.1, 0.15) is 36.7 Å². The minimum Gasteiger partial charge on any atom is -0.493 e. The van der Waals surface area contributed by atoms with Crippen molar-refractivity contribution in [2.24, 2.45) is 0 Å². The molecule has 0 saturated carbocycles. The monoisotopic (exact) mass is 460 g/mol. The van der Waals surface area contributed by atoms with Crippen LogP contribution in [0, 0.1) is 0 Å². The third-order valence-corrected chi connectivity index (χ3v) is 4.82. The van der Waals surface area contributed by atoms with Crippen LogP contribution < -0.4 is 14.8 Å². The number of methoxy groups -OCH3 is 2. The Morgan fingerprint density at radius 3 is 2.26 bits per heavy atom. The molecule has 0 atom stereocenters. The number of hydrogen-bond acceptors (Lipinski definition) is 6. The number of rotatable bonds is 7. The highest BCUT2D eigenvalue weighted by Gasteiger charge is 2.20. The molecule has 0 aliphatic rings. The van der Waals surface area contributed by atoms with Gasteiger partial charge in [-0.2, -0.15) is 0 Å². The zero-order valence-electron chi connectivity index (χ0n) is 20.0. The first kappa shape index (κ1) is 24.5. The number of benzene rings is 2. The zero-order chi connectivity index (χ0) is 24.9. The average Bonchev–Trinajstić information content (AvgIpc) is 2.80. The van der Waals surface area contributed by atoms with Crippen molar-refractivity contribution in [1.82, 2.24) is 4.98 Å². The Morgan fingerprint density at radius 2 is 1.62 bits per heavy atom. The van der Waals surface area contributed by atoms with E-state index in [2.05, 4.69) is 16.9 Å². The van der Waals surface area contributed by atoms with Gasteiger partial charge < -0.3 is 19.5 Å². The van der Waals surface area contributed by atoms with Crippen molar-refractivity contribution < 1.29 is 23.8 Å². The van der Waals surface area contributed by atoms with E-state index in [4.69, 9.17) is 14.2 Å². The van der Waals surface area contributed by atoms with Gasteiger partial charge in [-0.25, -0.2) is 4.79 Å². The Labute approximate surface area is 199 Å². The first-order valence-electron chi connectivity index (χ1n) is 10.6. The topological polar surface area (TPSA) is 86.8 Å². The Morgan fingerprint density at radius 1 is 0.971 bits per heavy atom. The summed E-state index contributed by atoms with van der Waals surface area (Å²) in [6.07, 6.45) is 4.45. The number of aromatic nitrogens is 1. The zero-order valence-corrected chi connectivity index (χ0v) is 20.0. The van der Waals surface area contributed by atoms with Gasteiger partial charge in [0.1, 0.15) is 5.60 Å². The number of hydrogen-bond donors (Lipinski definition) is 1. The smallest absolute Gasteiger partial charge is 0.331 e. The van der Waals surface area contributed by atoms with Crippen molar-refractivity contribution in [3.05, 3.63) is 78.5 Å². The standard InChI is InChI=1S/C27H28N2O5/c1-17(12-13-24(30)34-27(2,3)4)19-15-22(32-5)23(33-6)16-20(19)26(31)29-21-11-7-9-18-10-8-14-28-25(18)21/h7-16H,1H2,2-6H3,(H,29,31)/b13-12+. The molecule has 2 aromatic carbocycles. The molecular weight excluding hydrogens is 432 g/mol. The van der Waals surface area contributed by atoms with Gasteiger partial charge in [-0.15, -0.1) is 0 Å². The largest absolute Gasteiger partial charge is 0.493 e. The minimum absolute atomic E-state index is 0.296. The number of para-hydroxylation sites is 1. The summed E-state index contributed by atoms with van der Waals surface area (Å²) in [5.74, 6) is -0.0908. The lowest BCUT2D eigenvalue weighted by Gasteiger charge is -2.18. The second-order valence-electron chi connectivity index (χ2n) is 8.48. The van der Waals surface area contributed by atoms with Gasteiger partial charge in [0.15, 0.2) is 11.5 Å². The third-order valence-electron chi connectivity index (χ3n) is 4.82. The lowest BCUT2D eigenvalue weighted by atomic mass is 9.98. The Hall–Kier alpha value is -4.13. The molecular formula is C27H28N2O5. The molecule has 1 amide bonds. The van der Waals surface area contributed by atoms with Crippen molar-refractivity contribution in [2.75, 3.05) is 19.5 Å². The van der Waals surface area contributed by atoms with Crippen molar-refractivity contribution >= 4 is 34.0 Å². The van der Waals surface area contributed by atoms with E-state index in [0.29, 0.717) is 39.4 Å². The number of anilines is 1. The molecule has 0 saturated heterocycles. The van der Waals surface area contributed by atoms with E-state index in [1.165, 1.54) is 26.4 Å². The molecule has 0 bridgehead atoms. The lowest BCUT2D eigenvalue weighted by molar-refractivity contribution is -0.148. The van der Waals surface area contributed by atoms with Crippen molar-refractivity contribution in [2.45, 2.75) is 26.4 Å². The third kappa shape index (κ3) is 5.81. The van der Waals surface area contributed by atoms with Crippen molar-refractivity contribution in [3.8, 4) is 11.5 Å². The maximum Gasteiger partial charge on any atom is 0.331 e. The van der Waals surface area contributed by atoms with Crippen LogP contribution in [-0.2, 0) is 9.53 Å². The molecule has 0 aliphatic heterocycles. The molecule has 7 heteroatoms. The van der Waals surface area contributed by atoms with Gasteiger partial charge in [0.05, 0.1) is 31.0 Å². The quantitative estimate of drug-likeness (QED) is 0.288. The number of nitrogens with one attached hydrogen (secondary N) is 1. The fourth-order valence-electron chi connectivity index (χ4n) is 3.32. The van der Waals surface area contributed by atoms with Crippen LogP contribution in [0.25, 0.3) is 16.5 Å². The second kappa shape index (κ2) is 10.2. The Balaban J connectivity index is 1.99. The number of fused-ring (bicyclic) bond motifs is 1. The molecule has 1 aromatic heterocycles. The van der Waals surface area contributed by atoms with Gasteiger partial charge in [0, 0.05) is 17.7 Å². The van der Waals surface area contributed by atoms with Crippen LogP contribution >= 0.6 is 0 Å². The summed E-state index contributed by atoms with van der Waals surface area (Å²) < 4.78 is 16.1. The van der Waals surface area contributed by atoms with Crippen LogP contribution in [0.2, 0.25) is 0 Å². The summed E-state index contributed by atoms with van der Waals surface area (Å²) in [6.45, 7) is 9.39. The fraction of sp³-hybridized carbons (Fsp3) is 0.222. The highest BCUT2D eigenvalue weighted by atomic mass is 16.6. The van der Waals surface area contributed by atoms with E-state index in [1.807, 2.05) is 24.3 Å². The summed E-state index contributed by atoms with van der Waals surface area (Å²) in [5, 5.41) is 3.83. The maximum atomic E-state index is 13.4. The van der Waals surface area contributed by atoms with E-state index in [1.54, 1.807) is 45.2 Å². The van der Waals surface area contributed by atoms with E-state index in [9.17, 15) is 9.59 Å². The molecule has 0 spiro atoms. The highest BCUT2D eigenvalue weighted by Crippen LogP contribution is 2.34. The molecule has 0 aliphatic carbocycles. The number of nitrogens with zero attached hydrogens (tertiary/aromatic N) is 1. The molecule has 7 nitrogen and oxygen atoms in total. The van der Waals surface area contributed by atoms with Gasteiger partial charge in [0.2, 0.25) is 0 Å². The SMILES string of the molecule is C=C(/C=C/C(=O)OC(C)(C)C)c1cc(OC)c(OC)cc1C(=O)Nc1cccc2cccnc12. The minimum atomic E-state index is -0.621. The van der Waals surface area contributed by atoms with Gasteiger partial charge in [-0.3, -0.25) is 9.78 Å². The van der Waals surface area contributed by atoms with E-state index >= 15 is 0 Å². The van der Waals surface area contributed by atoms with Crippen LogP contribution in [-0.4, -0.2) is 36.7 Å². The average molecular weight is 461 g/mol. The van der Waals surface area contributed by atoms with Crippen molar-refractivity contribution in [1.29, 1.82) is 0 Å². The van der Waals surface area contributed by atoms with Crippen molar-refractivity contribution in [3.63, 3.8) is 0 Å². The molecule has 0 unspecified atom stereocenters. The molecule has 176 valence electrons. The summed E-state index contributed by atoms with van der Waals surface area (Å²) in [7, 11) is 2.99. The Bertz CT molecular complexity index is 1270. The van der Waals surface area contributed by atoms with E-state index < -0.39 is 11.6 Å². The number of amides is 1. The molecule has 34 heavy (non-hydrogen) atoms. The van der Waals surface area contributed by atoms with E-state index in [0.717, 1.165) is 5.39 Å². The molecule has 3 aromatic rings.